The number of allylic oxidation sites excluding steroid dienone is 1. The summed E-state index contributed by atoms with van der Waals surface area (Å²) in [6, 6.07) is 5.87. The van der Waals surface area contributed by atoms with Gasteiger partial charge in [-0.25, -0.2) is 0 Å². The lowest BCUT2D eigenvalue weighted by molar-refractivity contribution is -0.342. The number of halogens is 7. The van der Waals surface area contributed by atoms with Crippen molar-refractivity contribution in [3.8, 4) is 0 Å². The molecule has 8 heteroatoms. The normalized spacial score (nSPS) is 13.7. The van der Waals surface area contributed by atoms with Gasteiger partial charge in [0.05, 0.1) is 0 Å². The molecule has 0 saturated heterocycles. The Morgan fingerprint density at radius 3 is 1.86 bits per heavy atom. The zero-order chi connectivity index (χ0) is 16.5. The summed E-state index contributed by atoms with van der Waals surface area (Å²) in [6.45, 7) is 1.72. The Morgan fingerprint density at radius 1 is 0.952 bits per heavy atom. The van der Waals surface area contributed by atoms with Crippen LogP contribution in [0.3, 0.4) is 0 Å². The Bertz CT molecular complexity index is 541. The first-order valence-corrected chi connectivity index (χ1v) is 5.51. The van der Waals surface area contributed by atoms with Crippen LogP contribution in [-0.2, 0) is 4.79 Å². The maximum atomic E-state index is 13.0. The molecule has 1 aromatic rings. The van der Waals surface area contributed by atoms with E-state index in [1.54, 1.807) is 19.1 Å². The zero-order valence-corrected chi connectivity index (χ0v) is 10.5. The van der Waals surface area contributed by atoms with E-state index in [1.165, 1.54) is 12.1 Å². The highest BCUT2D eigenvalue weighted by Crippen LogP contribution is 2.47. The summed E-state index contributed by atoms with van der Waals surface area (Å²) >= 11 is 0. The molecule has 1 nitrogen and oxygen atoms in total. The minimum Gasteiger partial charge on any atom is -0.288 e. The molecule has 0 aliphatic carbocycles. The van der Waals surface area contributed by atoms with Crippen LogP contribution in [0.25, 0.3) is 6.08 Å². The van der Waals surface area contributed by atoms with Crippen molar-refractivity contribution in [2.24, 2.45) is 0 Å². The largest absolute Gasteiger partial charge is 0.460 e. The number of hydrogen-bond donors (Lipinski definition) is 0. The van der Waals surface area contributed by atoms with Crippen molar-refractivity contribution >= 4 is 11.9 Å². The molecule has 0 aromatic heterocycles. The van der Waals surface area contributed by atoms with Crippen LogP contribution in [0.5, 0.6) is 0 Å². The first-order valence-electron chi connectivity index (χ1n) is 5.51. The van der Waals surface area contributed by atoms with Gasteiger partial charge >= 0.3 is 18.0 Å². The van der Waals surface area contributed by atoms with E-state index in [-0.39, 0.29) is 11.6 Å². The minimum absolute atomic E-state index is 0.00428. The van der Waals surface area contributed by atoms with Gasteiger partial charge in [-0.15, -0.1) is 0 Å². The second-order valence-corrected chi connectivity index (χ2v) is 4.25. The van der Waals surface area contributed by atoms with Crippen LogP contribution in [0.1, 0.15) is 11.1 Å². The molecule has 116 valence electrons. The summed E-state index contributed by atoms with van der Waals surface area (Å²) in [5.41, 5.74) is 1.02. The Kier molecular flexibility index (Phi) is 4.50. The summed E-state index contributed by atoms with van der Waals surface area (Å²) in [7, 11) is 0. The van der Waals surface area contributed by atoms with Crippen molar-refractivity contribution in [1.29, 1.82) is 0 Å². The van der Waals surface area contributed by atoms with E-state index in [0.29, 0.717) is 0 Å². The minimum atomic E-state index is -6.52. The van der Waals surface area contributed by atoms with Gasteiger partial charge in [0.15, 0.2) is 0 Å². The fraction of sp³-hybridized carbons (Fsp3) is 0.308. The van der Waals surface area contributed by atoms with Crippen molar-refractivity contribution in [3.05, 3.63) is 41.5 Å². The van der Waals surface area contributed by atoms with Crippen LogP contribution in [0.4, 0.5) is 30.7 Å². The second kappa shape index (κ2) is 5.50. The molecule has 1 aromatic carbocycles. The molecule has 0 amide bonds. The number of rotatable bonds is 4. The summed E-state index contributed by atoms with van der Waals surface area (Å²) < 4.78 is 86.9. The fourth-order valence-electron chi connectivity index (χ4n) is 1.29. The van der Waals surface area contributed by atoms with E-state index in [4.69, 9.17) is 0 Å². The molecule has 0 radical (unpaired) electrons. The average Bonchev–Trinajstić information content (AvgIpc) is 2.36. The van der Waals surface area contributed by atoms with Crippen LogP contribution >= 0.6 is 0 Å². The molecule has 0 spiro atoms. The van der Waals surface area contributed by atoms with Crippen molar-refractivity contribution in [2.45, 2.75) is 24.9 Å². The van der Waals surface area contributed by atoms with Crippen LogP contribution in [0.2, 0.25) is 0 Å². The summed E-state index contributed by atoms with van der Waals surface area (Å²) in [5, 5.41) is 0. The third-order valence-electron chi connectivity index (χ3n) is 2.56. The highest BCUT2D eigenvalue weighted by Gasteiger charge is 2.75. The second-order valence-electron chi connectivity index (χ2n) is 4.25. The first kappa shape index (κ1) is 17.2. The molecule has 0 fully saturated rings. The van der Waals surface area contributed by atoms with E-state index >= 15 is 0 Å². The summed E-state index contributed by atoms with van der Waals surface area (Å²) in [6.07, 6.45) is -5.78. The number of carbonyl (C=O) groups is 1. The van der Waals surface area contributed by atoms with Crippen molar-refractivity contribution < 1.29 is 35.5 Å². The maximum absolute atomic E-state index is 13.0. The van der Waals surface area contributed by atoms with Gasteiger partial charge in [0.25, 0.3) is 0 Å². The van der Waals surface area contributed by atoms with Crippen LogP contribution in [0, 0.1) is 6.92 Å². The summed E-state index contributed by atoms with van der Waals surface area (Å²) in [4.78, 5) is 11.0. The molecule has 0 N–H and O–H groups in total. The van der Waals surface area contributed by atoms with Gasteiger partial charge in [-0.05, 0) is 18.6 Å². The number of ketones is 1. The van der Waals surface area contributed by atoms with Gasteiger partial charge in [0.1, 0.15) is 0 Å². The van der Waals surface area contributed by atoms with Crippen LogP contribution in [0.15, 0.2) is 30.3 Å². The van der Waals surface area contributed by atoms with Crippen LogP contribution in [-0.4, -0.2) is 23.8 Å². The molecule has 0 saturated carbocycles. The van der Waals surface area contributed by atoms with Gasteiger partial charge in [-0.1, -0.05) is 35.9 Å². The zero-order valence-electron chi connectivity index (χ0n) is 10.5. The number of aryl methyl sites for hydroxylation is 1. The monoisotopic (exact) mass is 314 g/mol. The lowest BCUT2D eigenvalue weighted by atomic mass is 10.0. The number of alkyl halides is 7. The highest BCUT2D eigenvalue weighted by molar-refractivity contribution is 5.99. The molecule has 0 aliphatic heterocycles. The third kappa shape index (κ3) is 3.43. The van der Waals surface area contributed by atoms with Gasteiger partial charge in [0, 0.05) is 0 Å². The molecule has 0 aliphatic rings. The van der Waals surface area contributed by atoms with Crippen molar-refractivity contribution in [2.75, 3.05) is 0 Å². The predicted molar refractivity (Wildman–Crippen MR) is 61.2 cm³/mol. The van der Waals surface area contributed by atoms with Gasteiger partial charge in [-0.3, -0.25) is 4.79 Å². The number of benzene rings is 1. The van der Waals surface area contributed by atoms with E-state index in [9.17, 15) is 35.5 Å². The number of carbonyl (C=O) groups excluding carboxylic acids is 1. The molecule has 1 rings (SSSR count). The van der Waals surface area contributed by atoms with E-state index in [0.717, 1.165) is 11.6 Å². The first-order chi connectivity index (χ1) is 9.39. The Labute approximate surface area is 115 Å². The molecule has 0 atom stereocenters. The van der Waals surface area contributed by atoms with E-state index in [2.05, 4.69) is 0 Å². The standard InChI is InChI=1S/C13H9F7O/c1-8-2-4-9(5-3-8)6-7-10(21)11(14,15)12(16,17)13(18,19)20/h2-7H,1H3/b7-6+. The molecule has 0 heterocycles. The Hall–Kier alpha value is -1.86. The van der Waals surface area contributed by atoms with Gasteiger partial charge in [0.2, 0.25) is 5.78 Å². The molecular formula is C13H9F7O. The van der Waals surface area contributed by atoms with Crippen molar-refractivity contribution in [1.82, 2.24) is 0 Å². The fourth-order valence-corrected chi connectivity index (χ4v) is 1.29. The third-order valence-corrected chi connectivity index (χ3v) is 2.56. The van der Waals surface area contributed by atoms with Crippen molar-refractivity contribution in [3.63, 3.8) is 0 Å². The Balaban J connectivity index is 2.99. The maximum Gasteiger partial charge on any atom is 0.460 e. The summed E-state index contributed by atoms with van der Waals surface area (Å²) in [5.74, 6) is -14.9. The van der Waals surface area contributed by atoms with Crippen LogP contribution < -0.4 is 0 Å². The topological polar surface area (TPSA) is 17.1 Å². The lowest BCUT2D eigenvalue weighted by Crippen LogP contribution is -2.55. The molecular weight excluding hydrogens is 305 g/mol. The predicted octanol–water partition coefficient (Wildman–Crippen LogP) is 4.41. The molecule has 0 unspecified atom stereocenters. The van der Waals surface area contributed by atoms with Gasteiger partial charge in [-0.2, -0.15) is 30.7 Å². The van der Waals surface area contributed by atoms with E-state index in [1.807, 2.05) is 0 Å². The SMILES string of the molecule is Cc1ccc(/C=C/C(=O)C(F)(F)C(F)(F)C(F)(F)F)cc1. The van der Waals surface area contributed by atoms with E-state index < -0.39 is 23.8 Å². The number of hydrogen-bond acceptors (Lipinski definition) is 1. The molecule has 21 heavy (non-hydrogen) atoms. The van der Waals surface area contributed by atoms with Gasteiger partial charge < -0.3 is 0 Å². The smallest absolute Gasteiger partial charge is 0.288 e. The molecule has 0 bridgehead atoms. The lowest BCUT2D eigenvalue weighted by Gasteiger charge is -2.26. The highest BCUT2D eigenvalue weighted by atomic mass is 19.4. The average molecular weight is 314 g/mol. The quantitative estimate of drug-likeness (QED) is 0.594. The Morgan fingerprint density at radius 2 is 1.43 bits per heavy atom.